The van der Waals surface area contributed by atoms with E-state index in [1.807, 2.05) is 0 Å². The molecule has 0 bridgehead atoms. The molecule has 0 saturated carbocycles. The Labute approximate surface area is 154 Å². The molecule has 3 rings (SSSR count). The number of benzene rings is 2. The lowest BCUT2D eigenvalue weighted by atomic mass is 10.0. The van der Waals surface area contributed by atoms with Crippen molar-refractivity contribution in [3.8, 4) is 22.6 Å². The fraction of sp³-hybridized carbons (Fsp3) is 0.100. The SMILES string of the molecule is O=C(O)c1cc(-c2ccc(Oc3ccc(F)cc3)cc2)cc([C@H](O)CO)n1. The molecule has 0 saturated heterocycles. The summed E-state index contributed by atoms with van der Waals surface area (Å²) in [6, 6.07) is 15.3. The van der Waals surface area contributed by atoms with Gasteiger partial charge < -0.3 is 20.1 Å². The molecule has 6 nitrogen and oxygen atoms in total. The van der Waals surface area contributed by atoms with Crippen LogP contribution in [0.15, 0.2) is 60.7 Å². The number of rotatable bonds is 6. The van der Waals surface area contributed by atoms with Gasteiger partial charge in [0.15, 0.2) is 0 Å². The third kappa shape index (κ3) is 4.46. The zero-order valence-electron chi connectivity index (χ0n) is 14.0. The molecular weight excluding hydrogens is 353 g/mol. The van der Waals surface area contributed by atoms with Crippen molar-refractivity contribution in [1.29, 1.82) is 0 Å². The smallest absolute Gasteiger partial charge is 0.354 e. The van der Waals surface area contributed by atoms with Crippen molar-refractivity contribution >= 4 is 5.97 Å². The summed E-state index contributed by atoms with van der Waals surface area (Å²) in [5.41, 5.74) is 1.04. The van der Waals surface area contributed by atoms with Gasteiger partial charge in [0, 0.05) is 0 Å². The molecule has 0 radical (unpaired) electrons. The number of carboxylic acid groups (broad SMARTS) is 1. The highest BCUT2D eigenvalue weighted by atomic mass is 19.1. The number of aromatic nitrogens is 1. The second kappa shape index (κ2) is 7.94. The van der Waals surface area contributed by atoms with Crippen LogP contribution in [0.1, 0.15) is 22.3 Å². The number of hydrogen-bond acceptors (Lipinski definition) is 5. The average molecular weight is 369 g/mol. The van der Waals surface area contributed by atoms with Gasteiger partial charge in [-0.2, -0.15) is 0 Å². The van der Waals surface area contributed by atoms with Gasteiger partial charge in [0.2, 0.25) is 0 Å². The van der Waals surface area contributed by atoms with Crippen LogP contribution in [-0.4, -0.2) is 32.9 Å². The zero-order chi connectivity index (χ0) is 19.4. The summed E-state index contributed by atoms with van der Waals surface area (Å²) in [7, 11) is 0. The van der Waals surface area contributed by atoms with E-state index in [1.54, 1.807) is 24.3 Å². The molecule has 3 aromatic rings. The summed E-state index contributed by atoms with van der Waals surface area (Å²) in [5, 5.41) is 28.1. The van der Waals surface area contributed by atoms with Crippen LogP contribution in [0.5, 0.6) is 11.5 Å². The Morgan fingerprint density at radius 3 is 2.15 bits per heavy atom. The first-order valence-electron chi connectivity index (χ1n) is 8.04. The van der Waals surface area contributed by atoms with E-state index in [9.17, 15) is 19.4 Å². The van der Waals surface area contributed by atoms with Crippen LogP contribution in [0.2, 0.25) is 0 Å². The van der Waals surface area contributed by atoms with Gasteiger partial charge in [-0.3, -0.25) is 0 Å². The summed E-state index contributed by atoms with van der Waals surface area (Å²) in [6.45, 7) is -0.569. The highest BCUT2D eigenvalue weighted by Crippen LogP contribution is 2.28. The van der Waals surface area contributed by atoms with Gasteiger partial charge in [0.25, 0.3) is 0 Å². The third-order valence-corrected chi connectivity index (χ3v) is 3.82. The van der Waals surface area contributed by atoms with Gasteiger partial charge in [-0.25, -0.2) is 14.2 Å². The van der Waals surface area contributed by atoms with Crippen molar-refractivity contribution in [1.82, 2.24) is 4.98 Å². The number of aliphatic hydroxyl groups excluding tert-OH is 2. The number of carbonyl (C=O) groups is 1. The first kappa shape index (κ1) is 18.5. The number of hydrogen-bond donors (Lipinski definition) is 3. The minimum absolute atomic E-state index is 0.0686. The Morgan fingerprint density at radius 1 is 1.00 bits per heavy atom. The number of aliphatic hydroxyl groups is 2. The van der Waals surface area contributed by atoms with Gasteiger partial charge >= 0.3 is 5.97 Å². The molecule has 0 unspecified atom stereocenters. The van der Waals surface area contributed by atoms with Gasteiger partial charge in [-0.15, -0.1) is 0 Å². The Kier molecular flexibility index (Phi) is 5.44. The van der Waals surface area contributed by atoms with Crippen LogP contribution < -0.4 is 4.74 Å². The predicted octanol–water partition coefficient (Wildman–Crippen LogP) is 3.40. The van der Waals surface area contributed by atoms with Crippen molar-refractivity contribution in [2.24, 2.45) is 0 Å². The summed E-state index contributed by atoms with van der Waals surface area (Å²) in [5.74, 6) is -0.590. The lowest BCUT2D eigenvalue weighted by Crippen LogP contribution is -2.09. The van der Waals surface area contributed by atoms with Crippen LogP contribution in [0.25, 0.3) is 11.1 Å². The summed E-state index contributed by atoms with van der Waals surface area (Å²) in [4.78, 5) is 15.1. The number of pyridine rings is 1. The molecule has 1 aromatic heterocycles. The van der Waals surface area contributed by atoms with Crippen LogP contribution in [0.3, 0.4) is 0 Å². The molecule has 138 valence electrons. The number of nitrogens with zero attached hydrogens (tertiary/aromatic N) is 1. The molecule has 1 atom stereocenters. The number of ether oxygens (including phenoxy) is 1. The van der Waals surface area contributed by atoms with E-state index >= 15 is 0 Å². The first-order chi connectivity index (χ1) is 13.0. The molecule has 0 amide bonds. The maximum absolute atomic E-state index is 12.9. The second-order valence-corrected chi connectivity index (χ2v) is 5.75. The Bertz CT molecular complexity index is 942. The first-order valence-corrected chi connectivity index (χ1v) is 8.04. The minimum atomic E-state index is -1.27. The molecule has 0 spiro atoms. The maximum Gasteiger partial charge on any atom is 0.354 e. The second-order valence-electron chi connectivity index (χ2n) is 5.75. The zero-order valence-corrected chi connectivity index (χ0v) is 14.0. The molecule has 3 N–H and O–H groups in total. The summed E-state index contributed by atoms with van der Waals surface area (Å²) in [6.07, 6.45) is -1.27. The fourth-order valence-corrected chi connectivity index (χ4v) is 2.45. The number of carboxylic acids is 1. The van der Waals surface area contributed by atoms with Crippen LogP contribution in [0.4, 0.5) is 4.39 Å². The third-order valence-electron chi connectivity index (χ3n) is 3.82. The van der Waals surface area contributed by atoms with Crippen molar-refractivity contribution in [3.05, 3.63) is 77.9 Å². The van der Waals surface area contributed by atoms with E-state index in [0.29, 0.717) is 22.6 Å². The maximum atomic E-state index is 12.9. The monoisotopic (exact) mass is 369 g/mol. The minimum Gasteiger partial charge on any atom is -0.477 e. The molecule has 1 heterocycles. The standard InChI is InChI=1S/C20H16FNO5/c21-14-3-7-16(8-4-14)27-15-5-1-12(2-6-15)13-9-17(19(24)11-23)22-18(10-13)20(25)26/h1-10,19,23-24H,11H2,(H,25,26)/t19-/m1/s1. The number of aromatic carboxylic acids is 1. The topological polar surface area (TPSA) is 99.9 Å². The molecule has 0 aliphatic heterocycles. The van der Waals surface area contributed by atoms with E-state index in [4.69, 9.17) is 9.84 Å². The van der Waals surface area contributed by atoms with Gasteiger partial charge in [0.1, 0.15) is 29.1 Å². The average Bonchev–Trinajstić information content (AvgIpc) is 2.69. The Balaban J connectivity index is 1.88. The molecule has 7 heteroatoms. The molecular formula is C20H16FNO5. The molecule has 0 aliphatic rings. The van der Waals surface area contributed by atoms with Crippen molar-refractivity contribution < 1.29 is 29.2 Å². The van der Waals surface area contributed by atoms with Crippen LogP contribution in [-0.2, 0) is 0 Å². The van der Waals surface area contributed by atoms with E-state index in [1.165, 1.54) is 36.4 Å². The summed E-state index contributed by atoms with van der Waals surface area (Å²) >= 11 is 0. The molecule has 27 heavy (non-hydrogen) atoms. The van der Waals surface area contributed by atoms with E-state index in [2.05, 4.69) is 4.98 Å². The summed E-state index contributed by atoms with van der Waals surface area (Å²) < 4.78 is 18.6. The molecule has 0 aliphatic carbocycles. The van der Waals surface area contributed by atoms with Crippen molar-refractivity contribution in [3.63, 3.8) is 0 Å². The van der Waals surface area contributed by atoms with Gasteiger partial charge in [-0.05, 0) is 59.7 Å². The van der Waals surface area contributed by atoms with Gasteiger partial charge in [-0.1, -0.05) is 12.1 Å². The highest BCUT2D eigenvalue weighted by Gasteiger charge is 2.15. The van der Waals surface area contributed by atoms with Gasteiger partial charge in [0.05, 0.1) is 12.3 Å². The van der Waals surface area contributed by atoms with E-state index in [-0.39, 0.29) is 17.2 Å². The molecule has 2 aromatic carbocycles. The normalized spacial score (nSPS) is 11.8. The number of halogens is 1. The quantitative estimate of drug-likeness (QED) is 0.616. The molecule has 0 fully saturated rings. The van der Waals surface area contributed by atoms with E-state index in [0.717, 1.165) is 0 Å². The van der Waals surface area contributed by atoms with Crippen LogP contribution in [0, 0.1) is 5.82 Å². The fourth-order valence-electron chi connectivity index (χ4n) is 2.45. The lowest BCUT2D eigenvalue weighted by molar-refractivity contribution is 0.0685. The lowest BCUT2D eigenvalue weighted by Gasteiger charge is -2.11. The van der Waals surface area contributed by atoms with Crippen molar-refractivity contribution in [2.45, 2.75) is 6.10 Å². The largest absolute Gasteiger partial charge is 0.477 e. The highest BCUT2D eigenvalue weighted by molar-refractivity contribution is 5.87. The van der Waals surface area contributed by atoms with Crippen LogP contribution >= 0.6 is 0 Å². The predicted molar refractivity (Wildman–Crippen MR) is 95.2 cm³/mol. The Morgan fingerprint density at radius 2 is 1.59 bits per heavy atom. The van der Waals surface area contributed by atoms with E-state index < -0.39 is 18.7 Å². The van der Waals surface area contributed by atoms with Crippen molar-refractivity contribution in [2.75, 3.05) is 6.61 Å². The Hall–Kier alpha value is -3.29.